The molecular weight excluding hydrogens is 242 g/mol. The van der Waals surface area contributed by atoms with Gasteiger partial charge < -0.3 is 10.4 Å². The number of aromatic nitrogens is 2. The lowest BCUT2D eigenvalue weighted by molar-refractivity contribution is -0.141. The van der Waals surface area contributed by atoms with Crippen LogP contribution in [0.4, 0.5) is 5.82 Å². The van der Waals surface area contributed by atoms with Gasteiger partial charge in [-0.05, 0) is 38.8 Å². The predicted molar refractivity (Wildman–Crippen MR) is 73.2 cm³/mol. The van der Waals surface area contributed by atoms with E-state index in [0.29, 0.717) is 11.7 Å². The molecule has 1 heterocycles. The zero-order chi connectivity index (χ0) is 13.9. The van der Waals surface area contributed by atoms with E-state index in [-0.39, 0.29) is 0 Å². The summed E-state index contributed by atoms with van der Waals surface area (Å²) in [5.41, 5.74) is -0.0144. The monoisotopic (exact) mass is 263 g/mol. The molecule has 0 bridgehead atoms. The van der Waals surface area contributed by atoms with E-state index < -0.39 is 11.5 Å². The third kappa shape index (κ3) is 3.43. The van der Waals surface area contributed by atoms with Crippen LogP contribution < -0.4 is 5.32 Å². The van der Waals surface area contributed by atoms with E-state index in [0.717, 1.165) is 5.69 Å². The molecule has 1 aliphatic rings. The third-order valence-electron chi connectivity index (χ3n) is 3.68. The minimum Gasteiger partial charge on any atom is -0.480 e. The minimum absolute atomic E-state index is 0.506. The molecule has 0 saturated heterocycles. The van der Waals surface area contributed by atoms with Crippen LogP contribution in [-0.4, -0.2) is 26.8 Å². The van der Waals surface area contributed by atoms with Gasteiger partial charge in [0.25, 0.3) is 0 Å². The first-order valence-corrected chi connectivity index (χ1v) is 6.84. The Bertz CT molecular complexity index is 437. The van der Waals surface area contributed by atoms with Crippen LogP contribution in [0.1, 0.15) is 57.6 Å². The highest BCUT2D eigenvalue weighted by atomic mass is 16.4. The van der Waals surface area contributed by atoms with Gasteiger partial charge in [-0.3, -0.25) is 0 Å². The molecule has 1 aromatic heterocycles. The van der Waals surface area contributed by atoms with Gasteiger partial charge in [-0.1, -0.05) is 19.3 Å². The predicted octanol–water partition coefficient (Wildman–Crippen LogP) is 2.80. The Morgan fingerprint density at radius 3 is 2.47 bits per heavy atom. The quantitative estimate of drug-likeness (QED) is 0.873. The second kappa shape index (κ2) is 5.55. The lowest BCUT2D eigenvalue weighted by Gasteiger charge is -2.23. The fourth-order valence-corrected chi connectivity index (χ4v) is 2.40. The molecule has 5 nitrogen and oxygen atoms in total. The van der Waals surface area contributed by atoms with Gasteiger partial charge in [0, 0.05) is 5.92 Å². The van der Waals surface area contributed by atoms with Crippen molar-refractivity contribution in [2.45, 2.75) is 57.4 Å². The maximum absolute atomic E-state index is 11.0. The zero-order valence-corrected chi connectivity index (χ0v) is 11.5. The minimum atomic E-state index is -1.04. The molecule has 0 atom stereocenters. The molecule has 5 heteroatoms. The first-order chi connectivity index (χ1) is 8.99. The van der Waals surface area contributed by atoms with Gasteiger partial charge >= 0.3 is 5.97 Å². The van der Waals surface area contributed by atoms with E-state index in [1.165, 1.54) is 32.1 Å². The Morgan fingerprint density at radius 2 is 1.95 bits per heavy atom. The number of carboxylic acids is 1. The summed E-state index contributed by atoms with van der Waals surface area (Å²) in [4.78, 5) is 11.0. The molecule has 1 fully saturated rings. The molecule has 0 radical (unpaired) electrons. The van der Waals surface area contributed by atoms with Crippen molar-refractivity contribution in [1.29, 1.82) is 0 Å². The lowest BCUT2D eigenvalue weighted by Crippen LogP contribution is -2.40. The van der Waals surface area contributed by atoms with Crippen molar-refractivity contribution in [2.24, 2.45) is 0 Å². The Balaban J connectivity index is 2.04. The molecule has 1 aromatic rings. The molecule has 0 aromatic carbocycles. The third-order valence-corrected chi connectivity index (χ3v) is 3.68. The molecule has 19 heavy (non-hydrogen) atoms. The fraction of sp³-hybridized carbons (Fsp3) is 0.643. The number of carbonyl (C=O) groups is 1. The van der Waals surface area contributed by atoms with Crippen LogP contribution in [0, 0.1) is 0 Å². The van der Waals surface area contributed by atoms with Crippen molar-refractivity contribution >= 4 is 11.8 Å². The molecule has 0 aliphatic heterocycles. The van der Waals surface area contributed by atoms with E-state index >= 15 is 0 Å². The molecule has 1 saturated carbocycles. The zero-order valence-electron chi connectivity index (χ0n) is 11.5. The van der Waals surface area contributed by atoms with Crippen LogP contribution in [0.2, 0.25) is 0 Å². The number of hydrogen-bond acceptors (Lipinski definition) is 4. The number of rotatable bonds is 4. The van der Waals surface area contributed by atoms with Gasteiger partial charge in [-0.25, -0.2) is 4.79 Å². The standard InChI is InChI=1S/C14H21N3O2/c1-14(2,13(18)19)15-12-9-8-11(16-17-12)10-6-4-3-5-7-10/h8-10H,3-7H2,1-2H3,(H,15,17)(H,18,19). The van der Waals surface area contributed by atoms with Gasteiger partial charge in [0.2, 0.25) is 0 Å². The molecule has 2 N–H and O–H groups in total. The van der Waals surface area contributed by atoms with Crippen molar-refractivity contribution in [3.05, 3.63) is 17.8 Å². The molecule has 1 aliphatic carbocycles. The summed E-state index contributed by atoms with van der Waals surface area (Å²) in [7, 11) is 0. The molecule has 2 rings (SSSR count). The molecule has 0 unspecified atom stereocenters. The molecule has 0 spiro atoms. The summed E-state index contributed by atoms with van der Waals surface area (Å²) in [5, 5.41) is 20.3. The van der Waals surface area contributed by atoms with Gasteiger partial charge in [0.1, 0.15) is 11.4 Å². The molecule has 0 amide bonds. The highest BCUT2D eigenvalue weighted by molar-refractivity contribution is 5.81. The van der Waals surface area contributed by atoms with Crippen LogP contribution in [0.5, 0.6) is 0 Å². The maximum Gasteiger partial charge on any atom is 0.328 e. The van der Waals surface area contributed by atoms with Crippen LogP contribution in [-0.2, 0) is 4.79 Å². The average molecular weight is 263 g/mol. The van der Waals surface area contributed by atoms with Crippen LogP contribution in [0.15, 0.2) is 12.1 Å². The van der Waals surface area contributed by atoms with Gasteiger partial charge in [0.05, 0.1) is 5.69 Å². The van der Waals surface area contributed by atoms with Crippen LogP contribution in [0.25, 0.3) is 0 Å². The van der Waals surface area contributed by atoms with Gasteiger partial charge in [-0.15, -0.1) is 5.10 Å². The van der Waals surface area contributed by atoms with E-state index in [1.54, 1.807) is 13.8 Å². The Kier molecular flexibility index (Phi) is 4.02. The van der Waals surface area contributed by atoms with Crippen LogP contribution >= 0.6 is 0 Å². The number of hydrogen-bond donors (Lipinski definition) is 2. The smallest absolute Gasteiger partial charge is 0.328 e. The van der Waals surface area contributed by atoms with Crippen LogP contribution in [0.3, 0.4) is 0 Å². The summed E-state index contributed by atoms with van der Waals surface area (Å²) >= 11 is 0. The van der Waals surface area contributed by atoms with Crippen molar-refractivity contribution in [1.82, 2.24) is 10.2 Å². The summed E-state index contributed by atoms with van der Waals surface area (Å²) in [6, 6.07) is 3.78. The van der Waals surface area contributed by atoms with E-state index in [2.05, 4.69) is 15.5 Å². The van der Waals surface area contributed by atoms with Gasteiger partial charge in [-0.2, -0.15) is 5.10 Å². The molecule has 104 valence electrons. The summed E-state index contributed by atoms with van der Waals surface area (Å²) < 4.78 is 0. The largest absolute Gasteiger partial charge is 0.480 e. The first-order valence-electron chi connectivity index (χ1n) is 6.84. The van der Waals surface area contributed by atoms with Gasteiger partial charge in [0.15, 0.2) is 0 Å². The second-order valence-corrected chi connectivity index (χ2v) is 5.73. The van der Waals surface area contributed by atoms with Crippen molar-refractivity contribution in [2.75, 3.05) is 5.32 Å². The summed E-state index contributed by atoms with van der Waals surface area (Å²) in [6.07, 6.45) is 6.21. The number of nitrogens with one attached hydrogen (secondary N) is 1. The highest BCUT2D eigenvalue weighted by Crippen LogP contribution is 2.31. The first kappa shape index (κ1) is 13.8. The van der Waals surface area contributed by atoms with Crippen molar-refractivity contribution in [3.8, 4) is 0 Å². The van der Waals surface area contributed by atoms with E-state index in [1.807, 2.05) is 12.1 Å². The van der Waals surface area contributed by atoms with Crippen molar-refractivity contribution in [3.63, 3.8) is 0 Å². The number of anilines is 1. The Labute approximate surface area is 113 Å². The molecular formula is C14H21N3O2. The Hall–Kier alpha value is -1.65. The normalized spacial score (nSPS) is 17.2. The van der Waals surface area contributed by atoms with E-state index in [4.69, 9.17) is 5.11 Å². The topological polar surface area (TPSA) is 75.1 Å². The van der Waals surface area contributed by atoms with E-state index in [9.17, 15) is 4.79 Å². The SMILES string of the molecule is CC(C)(Nc1ccc(C2CCCCC2)nn1)C(=O)O. The van der Waals surface area contributed by atoms with Crippen molar-refractivity contribution < 1.29 is 9.90 Å². The summed E-state index contributed by atoms with van der Waals surface area (Å²) in [6.45, 7) is 3.21. The second-order valence-electron chi connectivity index (χ2n) is 5.73. The number of carboxylic acid groups (broad SMARTS) is 1. The summed E-state index contributed by atoms with van der Waals surface area (Å²) in [5.74, 6) is 0.111. The fourth-order valence-electron chi connectivity index (χ4n) is 2.40. The highest BCUT2D eigenvalue weighted by Gasteiger charge is 2.27. The number of nitrogens with zero attached hydrogens (tertiary/aromatic N) is 2. The Morgan fingerprint density at radius 1 is 1.26 bits per heavy atom. The number of aliphatic carboxylic acids is 1. The maximum atomic E-state index is 11.0. The lowest BCUT2D eigenvalue weighted by atomic mass is 9.87. The average Bonchev–Trinajstić information content (AvgIpc) is 2.40.